The highest BCUT2D eigenvalue weighted by molar-refractivity contribution is 14.1. The van der Waals surface area contributed by atoms with E-state index in [4.69, 9.17) is 0 Å². The van der Waals surface area contributed by atoms with Gasteiger partial charge in [-0.1, -0.05) is 0 Å². The monoisotopic (exact) mass is 386 g/mol. The summed E-state index contributed by atoms with van der Waals surface area (Å²) >= 11 is 1.96. The van der Waals surface area contributed by atoms with Crippen LogP contribution >= 0.6 is 22.6 Å². The number of nitrogens with one attached hydrogen (secondary N) is 1. The van der Waals surface area contributed by atoms with E-state index in [1.807, 2.05) is 22.6 Å². The van der Waals surface area contributed by atoms with Crippen molar-refractivity contribution < 1.29 is 14.1 Å². The second kappa shape index (κ2) is 5.95. The van der Waals surface area contributed by atoms with Gasteiger partial charge in [-0.25, -0.2) is 4.39 Å². The molecular weight excluding hydrogens is 378 g/mol. The number of anilines is 1. The third-order valence-corrected chi connectivity index (χ3v) is 3.19. The van der Waals surface area contributed by atoms with E-state index in [0.717, 1.165) is 0 Å². The molecule has 0 spiro atoms. The maximum Gasteiger partial charge on any atom is 0.269 e. The van der Waals surface area contributed by atoms with E-state index in [1.54, 1.807) is 6.07 Å². The number of amides is 1. The molecule has 2 aromatic carbocycles. The predicted molar refractivity (Wildman–Crippen MR) is 80.2 cm³/mol. The number of nitro benzene ring substituents is 1. The van der Waals surface area contributed by atoms with Gasteiger partial charge in [-0.15, -0.1) is 0 Å². The number of hydrogen-bond donors (Lipinski definition) is 1. The summed E-state index contributed by atoms with van der Waals surface area (Å²) in [4.78, 5) is 21.8. The number of carbonyl (C=O) groups excluding carboxylic acids is 1. The summed E-state index contributed by atoms with van der Waals surface area (Å²) in [7, 11) is 0. The maximum absolute atomic E-state index is 13.6. The number of rotatable bonds is 3. The fraction of sp³-hybridized carbons (Fsp3) is 0. The Hall–Kier alpha value is -2.03. The number of non-ortho nitro benzene ring substituents is 1. The molecule has 5 nitrogen and oxygen atoms in total. The van der Waals surface area contributed by atoms with Crippen LogP contribution in [0.15, 0.2) is 42.5 Å². The zero-order valence-corrected chi connectivity index (χ0v) is 12.1. The average Bonchev–Trinajstić information content (AvgIpc) is 2.42. The topological polar surface area (TPSA) is 72.2 Å². The molecule has 1 amide bonds. The van der Waals surface area contributed by atoms with Crippen LogP contribution in [0, 0.1) is 19.5 Å². The van der Waals surface area contributed by atoms with Crippen LogP contribution in [0.1, 0.15) is 10.4 Å². The lowest BCUT2D eigenvalue weighted by Crippen LogP contribution is -2.13. The molecule has 20 heavy (non-hydrogen) atoms. The molecule has 7 heteroatoms. The summed E-state index contributed by atoms with van der Waals surface area (Å²) in [5, 5.41) is 12.9. The van der Waals surface area contributed by atoms with Crippen LogP contribution in [0.4, 0.5) is 15.8 Å². The summed E-state index contributed by atoms with van der Waals surface area (Å²) in [6, 6.07) is 9.50. The van der Waals surface area contributed by atoms with E-state index < -0.39 is 16.6 Å². The molecule has 0 aliphatic carbocycles. The van der Waals surface area contributed by atoms with Gasteiger partial charge in [0.1, 0.15) is 5.82 Å². The fourth-order valence-corrected chi connectivity index (χ4v) is 1.97. The van der Waals surface area contributed by atoms with Crippen molar-refractivity contribution in [1.82, 2.24) is 0 Å². The summed E-state index contributed by atoms with van der Waals surface area (Å²) < 4.78 is 14.3. The zero-order chi connectivity index (χ0) is 14.7. The first-order valence-electron chi connectivity index (χ1n) is 5.48. The van der Waals surface area contributed by atoms with E-state index >= 15 is 0 Å². The molecule has 102 valence electrons. The summed E-state index contributed by atoms with van der Waals surface area (Å²) in [6.45, 7) is 0. The Kier molecular flexibility index (Phi) is 4.28. The molecule has 0 radical (unpaired) electrons. The highest BCUT2D eigenvalue weighted by Gasteiger charge is 2.11. The van der Waals surface area contributed by atoms with Crippen LogP contribution in [0.2, 0.25) is 0 Å². The van der Waals surface area contributed by atoms with E-state index in [-0.39, 0.29) is 16.9 Å². The first-order valence-corrected chi connectivity index (χ1v) is 6.56. The van der Waals surface area contributed by atoms with E-state index in [1.165, 1.54) is 36.4 Å². The minimum absolute atomic E-state index is 0.0637. The molecule has 0 aliphatic heterocycles. The van der Waals surface area contributed by atoms with Gasteiger partial charge in [-0.3, -0.25) is 14.9 Å². The molecular formula is C13H8FIN2O3. The minimum atomic E-state index is -0.555. The van der Waals surface area contributed by atoms with Crippen molar-refractivity contribution in [2.75, 3.05) is 5.32 Å². The van der Waals surface area contributed by atoms with Gasteiger partial charge in [0.25, 0.3) is 11.6 Å². The Morgan fingerprint density at radius 3 is 2.40 bits per heavy atom. The highest BCUT2D eigenvalue weighted by atomic mass is 127. The number of halogens is 2. The lowest BCUT2D eigenvalue weighted by atomic mass is 10.2. The molecule has 2 aromatic rings. The fourth-order valence-electron chi connectivity index (χ4n) is 1.52. The van der Waals surface area contributed by atoms with Crippen LogP contribution < -0.4 is 5.32 Å². The van der Waals surface area contributed by atoms with Crippen LogP contribution in [-0.2, 0) is 0 Å². The molecule has 0 aromatic heterocycles. The quantitative estimate of drug-likeness (QED) is 0.498. The Labute approximate surface area is 127 Å². The molecule has 0 saturated heterocycles. The van der Waals surface area contributed by atoms with Gasteiger partial charge in [0.05, 0.1) is 10.6 Å². The number of carbonyl (C=O) groups is 1. The first-order chi connectivity index (χ1) is 9.47. The second-order valence-electron chi connectivity index (χ2n) is 3.88. The number of nitro groups is 1. The van der Waals surface area contributed by atoms with E-state index in [0.29, 0.717) is 3.57 Å². The molecule has 0 unspecified atom stereocenters. The first kappa shape index (κ1) is 14.4. The molecule has 0 bridgehead atoms. The SMILES string of the molecule is O=C(Nc1ccc(I)cc1F)c1ccc([N+](=O)[O-])cc1. The van der Waals surface area contributed by atoms with Crippen LogP contribution in [-0.4, -0.2) is 10.8 Å². The molecule has 0 aliphatic rings. The maximum atomic E-state index is 13.6. The lowest BCUT2D eigenvalue weighted by molar-refractivity contribution is -0.384. The summed E-state index contributed by atoms with van der Waals surface area (Å²) in [5.74, 6) is -1.06. The second-order valence-corrected chi connectivity index (χ2v) is 5.13. The van der Waals surface area contributed by atoms with Gasteiger partial charge in [0, 0.05) is 21.3 Å². The molecule has 0 atom stereocenters. The van der Waals surface area contributed by atoms with Crippen LogP contribution in [0.25, 0.3) is 0 Å². The Morgan fingerprint density at radius 1 is 1.20 bits per heavy atom. The largest absolute Gasteiger partial charge is 0.319 e. The molecule has 2 rings (SSSR count). The van der Waals surface area contributed by atoms with Crippen molar-refractivity contribution in [3.8, 4) is 0 Å². The standard InChI is InChI=1S/C13H8FIN2O3/c14-11-7-9(15)3-6-12(11)16-13(18)8-1-4-10(5-2-8)17(19)20/h1-7H,(H,16,18). The highest BCUT2D eigenvalue weighted by Crippen LogP contribution is 2.18. The predicted octanol–water partition coefficient (Wildman–Crippen LogP) is 3.59. The average molecular weight is 386 g/mol. The Morgan fingerprint density at radius 2 is 1.85 bits per heavy atom. The van der Waals surface area contributed by atoms with Gasteiger partial charge < -0.3 is 5.32 Å². The molecule has 0 fully saturated rings. The number of benzene rings is 2. The van der Waals surface area contributed by atoms with Gasteiger partial charge in [0.15, 0.2) is 0 Å². The van der Waals surface area contributed by atoms with E-state index in [2.05, 4.69) is 5.32 Å². The molecule has 1 N–H and O–H groups in total. The smallest absolute Gasteiger partial charge is 0.269 e. The number of hydrogen-bond acceptors (Lipinski definition) is 3. The third-order valence-electron chi connectivity index (χ3n) is 2.52. The molecule has 0 saturated carbocycles. The van der Waals surface area contributed by atoms with Crippen molar-refractivity contribution in [3.63, 3.8) is 0 Å². The van der Waals surface area contributed by atoms with Crippen molar-refractivity contribution >= 4 is 39.9 Å². The summed E-state index contributed by atoms with van der Waals surface area (Å²) in [6.07, 6.45) is 0. The number of nitrogens with zero attached hydrogens (tertiary/aromatic N) is 1. The van der Waals surface area contributed by atoms with Crippen molar-refractivity contribution in [1.29, 1.82) is 0 Å². The van der Waals surface area contributed by atoms with Gasteiger partial charge in [-0.2, -0.15) is 0 Å². The molecule has 0 heterocycles. The van der Waals surface area contributed by atoms with Crippen LogP contribution in [0.5, 0.6) is 0 Å². The summed E-state index contributed by atoms with van der Waals surface area (Å²) in [5.41, 5.74) is 0.171. The van der Waals surface area contributed by atoms with Gasteiger partial charge in [-0.05, 0) is 52.9 Å². The van der Waals surface area contributed by atoms with Crippen molar-refractivity contribution in [3.05, 3.63) is 67.5 Å². The van der Waals surface area contributed by atoms with Crippen molar-refractivity contribution in [2.24, 2.45) is 0 Å². The van der Waals surface area contributed by atoms with Gasteiger partial charge in [0.2, 0.25) is 0 Å². The lowest BCUT2D eigenvalue weighted by Gasteiger charge is -2.06. The Bertz CT molecular complexity index is 674. The Balaban J connectivity index is 2.17. The zero-order valence-electron chi connectivity index (χ0n) is 9.97. The van der Waals surface area contributed by atoms with Crippen molar-refractivity contribution in [2.45, 2.75) is 0 Å². The normalized spacial score (nSPS) is 10.1. The van der Waals surface area contributed by atoms with E-state index in [9.17, 15) is 19.3 Å². The third kappa shape index (κ3) is 3.29. The minimum Gasteiger partial charge on any atom is -0.319 e. The van der Waals surface area contributed by atoms with Gasteiger partial charge >= 0.3 is 0 Å². The van der Waals surface area contributed by atoms with Crippen LogP contribution in [0.3, 0.4) is 0 Å².